The maximum absolute atomic E-state index is 13.7. The molecule has 1 amide bonds. The predicted molar refractivity (Wildman–Crippen MR) is 91.3 cm³/mol. The number of nitrogens with one attached hydrogen (secondary N) is 1. The molecule has 0 bridgehead atoms. The van der Waals surface area contributed by atoms with Gasteiger partial charge in [0.15, 0.2) is 5.13 Å². The van der Waals surface area contributed by atoms with Crippen molar-refractivity contribution in [1.29, 1.82) is 0 Å². The van der Waals surface area contributed by atoms with Gasteiger partial charge in [-0.3, -0.25) is 10.1 Å². The van der Waals surface area contributed by atoms with E-state index in [1.54, 1.807) is 0 Å². The summed E-state index contributed by atoms with van der Waals surface area (Å²) < 4.78 is 65.9. The molecule has 2 aromatic carbocycles. The van der Waals surface area contributed by atoms with Crippen LogP contribution < -0.4 is 11.1 Å². The van der Waals surface area contributed by atoms with Gasteiger partial charge in [-0.25, -0.2) is 13.8 Å². The number of halogens is 5. The molecule has 3 rings (SSSR count). The molecule has 1 heterocycles. The van der Waals surface area contributed by atoms with Gasteiger partial charge in [-0.15, -0.1) is 0 Å². The van der Waals surface area contributed by atoms with Crippen molar-refractivity contribution in [1.82, 2.24) is 4.98 Å². The molecule has 140 valence electrons. The zero-order valence-electron chi connectivity index (χ0n) is 13.3. The van der Waals surface area contributed by atoms with E-state index in [0.717, 1.165) is 41.7 Å². The average Bonchev–Trinajstić information content (AvgIpc) is 2.94. The molecule has 0 radical (unpaired) electrons. The van der Waals surface area contributed by atoms with Crippen molar-refractivity contribution in [3.63, 3.8) is 0 Å². The Morgan fingerprint density at radius 3 is 2.33 bits per heavy atom. The SMILES string of the molecule is Nc1nc(NC(=O)c2c(F)cccc2F)sc1-c1cccc(C(F)(F)F)c1. The lowest BCUT2D eigenvalue weighted by atomic mass is 10.1. The summed E-state index contributed by atoms with van der Waals surface area (Å²) in [5.41, 5.74) is 4.21. The van der Waals surface area contributed by atoms with Crippen LogP contribution in [0.25, 0.3) is 10.4 Å². The molecule has 4 nitrogen and oxygen atoms in total. The summed E-state index contributed by atoms with van der Waals surface area (Å²) in [5.74, 6) is -3.33. The maximum Gasteiger partial charge on any atom is 0.416 e. The third kappa shape index (κ3) is 3.90. The van der Waals surface area contributed by atoms with Crippen LogP contribution >= 0.6 is 11.3 Å². The number of alkyl halides is 3. The first-order chi connectivity index (χ1) is 12.7. The lowest BCUT2D eigenvalue weighted by Gasteiger charge is -2.07. The minimum absolute atomic E-state index is 0.104. The monoisotopic (exact) mass is 399 g/mol. The number of benzene rings is 2. The average molecular weight is 399 g/mol. The molecule has 0 fully saturated rings. The number of carbonyl (C=O) groups is 1. The molecule has 3 aromatic rings. The van der Waals surface area contributed by atoms with Gasteiger partial charge in [-0.2, -0.15) is 13.2 Å². The van der Waals surface area contributed by atoms with Crippen molar-refractivity contribution in [2.24, 2.45) is 0 Å². The van der Waals surface area contributed by atoms with E-state index in [2.05, 4.69) is 10.3 Å². The number of hydrogen-bond donors (Lipinski definition) is 2. The van der Waals surface area contributed by atoms with E-state index in [-0.39, 0.29) is 21.4 Å². The van der Waals surface area contributed by atoms with Gasteiger partial charge >= 0.3 is 6.18 Å². The molecule has 0 unspecified atom stereocenters. The quantitative estimate of drug-likeness (QED) is 0.613. The number of rotatable bonds is 3. The molecule has 1 aromatic heterocycles. The number of amides is 1. The van der Waals surface area contributed by atoms with E-state index in [1.165, 1.54) is 12.1 Å². The highest BCUT2D eigenvalue weighted by molar-refractivity contribution is 7.19. The second kappa shape index (κ2) is 6.95. The minimum atomic E-state index is -4.53. The zero-order chi connectivity index (χ0) is 19.8. The fourth-order valence-corrected chi connectivity index (χ4v) is 3.18. The van der Waals surface area contributed by atoms with Gasteiger partial charge in [0.05, 0.1) is 10.4 Å². The summed E-state index contributed by atoms with van der Waals surface area (Å²) in [6.45, 7) is 0. The maximum atomic E-state index is 13.7. The number of aromatic nitrogens is 1. The molecule has 0 saturated heterocycles. The number of nitrogens with two attached hydrogens (primary N) is 1. The van der Waals surface area contributed by atoms with Gasteiger partial charge in [0.2, 0.25) is 0 Å². The van der Waals surface area contributed by atoms with Crippen molar-refractivity contribution < 1.29 is 26.7 Å². The van der Waals surface area contributed by atoms with Gasteiger partial charge in [0.1, 0.15) is 23.0 Å². The number of hydrogen-bond acceptors (Lipinski definition) is 4. The van der Waals surface area contributed by atoms with Crippen LogP contribution in [0.15, 0.2) is 42.5 Å². The normalized spacial score (nSPS) is 11.4. The van der Waals surface area contributed by atoms with Crippen molar-refractivity contribution in [2.75, 3.05) is 11.1 Å². The highest BCUT2D eigenvalue weighted by atomic mass is 32.1. The molecular weight excluding hydrogens is 389 g/mol. The lowest BCUT2D eigenvalue weighted by molar-refractivity contribution is -0.137. The Kier molecular flexibility index (Phi) is 4.83. The molecular formula is C17H10F5N3OS. The Balaban J connectivity index is 1.91. The van der Waals surface area contributed by atoms with Crippen LogP contribution in [0.2, 0.25) is 0 Å². The molecule has 10 heteroatoms. The third-order valence-corrected chi connectivity index (χ3v) is 4.55. The Morgan fingerprint density at radius 1 is 1.07 bits per heavy atom. The summed E-state index contributed by atoms with van der Waals surface area (Å²) in [7, 11) is 0. The molecule has 3 N–H and O–H groups in total. The summed E-state index contributed by atoms with van der Waals surface area (Å²) >= 11 is 0.786. The first kappa shape index (κ1) is 18.8. The fourth-order valence-electron chi connectivity index (χ4n) is 2.30. The van der Waals surface area contributed by atoms with Crippen molar-refractivity contribution in [2.45, 2.75) is 6.18 Å². The van der Waals surface area contributed by atoms with Crippen LogP contribution in [-0.2, 0) is 6.18 Å². The first-order valence-electron chi connectivity index (χ1n) is 7.36. The fraction of sp³-hybridized carbons (Fsp3) is 0.0588. The van der Waals surface area contributed by atoms with Gasteiger partial charge < -0.3 is 5.73 Å². The third-order valence-electron chi connectivity index (χ3n) is 3.52. The van der Waals surface area contributed by atoms with Gasteiger partial charge in [0.25, 0.3) is 5.91 Å². The molecule has 0 spiro atoms. The summed E-state index contributed by atoms with van der Waals surface area (Å²) in [4.78, 5) is 16.1. The number of nitrogen functional groups attached to an aromatic ring is 1. The Labute approximate surface area is 153 Å². The van der Waals surface area contributed by atoms with E-state index in [1.807, 2.05) is 0 Å². The van der Waals surface area contributed by atoms with E-state index >= 15 is 0 Å². The Bertz CT molecular complexity index is 996. The zero-order valence-corrected chi connectivity index (χ0v) is 14.1. The van der Waals surface area contributed by atoms with Crippen LogP contribution in [-0.4, -0.2) is 10.9 Å². The number of nitrogens with zero attached hydrogens (tertiary/aromatic N) is 1. The first-order valence-corrected chi connectivity index (χ1v) is 8.18. The van der Waals surface area contributed by atoms with Crippen LogP contribution in [0.4, 0.5) is 32.9 Å². The summed E-state index contributed by atoms with van der Waals surface area (Å²) in [6.07, 6.45) is -4.53. The second-order valence-electron chi connectivity index (χ2n) is 5.36. The summed E-state index contributed by atoms with van der Waals surface area (Å²) in [5, 5.41) is 2.10. The predicted octanol–water partition coefficient (Wildman–Crippen LogP) is 4.94. The highest BCUT2D eigenvalue weighted by Crippen LogP contribution is 2.38. The Morgan fingerprint density at radius 2 is 1.70 bits per heavy atom. The van der Waals surface area contributed by atoms with E-state index in [4.69, 9.17) is 5.73 Å². The number of carbonyl (C=O) groups excluding carboxylic acids is 1. The number of thiazole rings is 1. The van der Waals surface area contributed by atoms with Gasteiger partial charge in [-0.05, 0) is 29.8 Å². The standard InChI is InChI=1S/C17H10F5N3OS/c18-10-5-2-6-11(19)12(10)15(26)25-16-24-14(23)13(27-16)8-3-1-4-9(7-8)17(20,21)22/h1-7H,23H2,(H,24,25,26). The Hall–Kier alpha value is -3.01. The largest absolute Gasteiger partial charge is 0.416 e. The minimum Gasteiger partial charge on any atom is -0.382 e. The van der Waals surface area contributed by atoms with Crippen molar-refractivity contribution >= 4 is 28.2 Å². The van der Waals surface area contributed by atoms with Gasteiger partial charge in [0, 0.05) is 0 Å². The molecule has 0 atom stereocenters. The lowest BCUT2D eigenvalue weighted by Crippen LogP contribution is -2.15. The molecule has 0 aliphatic rings. The van der Waals surface area contributed by atoms with Crippen LogP contribution in [0.5, 0.6) is 0 Å². The van der Waals surface area contributed by atoms with E-state index < -0.39 is 34.8 Å². The molecule has 27 heavy (non-hydrogen) atoms. The summed E-state index contributed by atoms with van der Waals surface area (Å²) in [6, 6.07) is 7.36. The van der Waals surface area contributed by atoms with Gasteiger partial charge in [-0.1, -0.05) is 29.5 Å². The second-order valence-corrected chi connectivity index (χ2v) is 6.36. The molecule has 0 saturated carbocycles. The molecule has 0 aliphatic heterocycles. The highest BCUT2D eigenvalue weighted by Gasteiger charge is 2.31. The van der Waals surface area contributed by atoms with E-state index in [9.17, 15) is 26.7 Å². The van der Waals surface area contributed by atoms with Crippen LogP contribution in [0.3, 0.4) is 0 Å². The van der Waals surface area contributed by atoms with E-state index in [0.29, 0.717) is 0 Å². The number of anilines is 2. The van der Waals surface area contributed by atoms with Crippen molar-refractivity contribution in [3.05, 3.63) is 65.2 Å². The molecule has 0 aliphatic carbocycles. The van der Waals surface area contributed by atoms with Crippen LogP contribution in [0.1, 0.15) is 15.9 Å². The van der Waals surface area contributed by atoms with Crippen molar-refractivity contribution in [3.8, 4) is 10.4 Å². The smallest absolute Gasteiger partial charge is 0.382 e. The topological polar surface area (TPSA) is 68.0 Å². The van der Waals surface area contributed by atoms with Crippen LogP contribution in [0, 0.1) is 11.6 Å².